The van der Waals surface area contributed by atoms with Gasteiger partial charge in [-0.25, -0.2) is 0 Å². The van der Waals surface area contributed by atoms with Crippen molar-refractivity contribution in [2.45, 2.75) is 32.7 Å². The van der Waals surface area contributed by atoms with Crippen LogP contribution in [0.25, 0.3) is 0 Å². The summed E-state index contributed by atoms with van der Waals surface area (Å²) in [6.45, 7) is 9.46. The summed E-state index contributed by atoms with van der Waals surface area (Å²) in [7, 11) is 0. The summed E-state index contributed by atoms with van der Waals surface area (Å²) in [5.41, 5.74) is 1.73. The summed E-state index contributed by atoms with van der Waals surface area (Å²) >= 11 is 0. The average Bonchev–Trinajstić information content (AvgIpc) is 2.97. The molecule has 0 saturated carbocycles. The molecule has 3 heterocycles. The highest BCUT2D eigenvalue weighted by Crippen LogP contribution is 2.40. The molecule has 1 aromatic carbocycles. The van der Waals surface area contributed by atoms with Gasteiger partial charge in [0.25, 0.3) is 0 Å². The first-order valence-electron chi connectivity index (χ1n) is 9.91. The van der Waals surface area contributed by atoms with E-state index in [0.717, 1.165) is 39.3 Å². The fourth-order valence-corrected chi connectivity index (χ4v) is 4.90. The zero-order valence-corrected chi connectivity index (χ0v) is 17.9. The SMILES string of the molecule is CC(C(=O)N1CCC2(CCCN(Cc3ccccc3)C2)C1)C1CNC1.Cl.Cl. The Balaban J connectivity index is 0.00000131. The van der Waals surface area contributed by atoms with Crippen molar-refractivity contribution in [3.8, 4) is 0 Å². The molecule has 3 fully saturated rings. The van der Waals surface area contributed by atoms with Crippen molar-refractivity contribution in [1.29, 1.82) is 0 Å². The molecule has 6 heteroatoms. The Morgan fingerprint density at radius 3 is 2.56 bits per heavy atom. The number of benzene rings is 1. The lowest BCUT2D eigenvalue weighted by molar-refractivity contribution is -0.136. The van der Waals surface area contributed by atoms with Crippen LogP contribution >= 0.6 is 24.8 Å². The topological polar surface area (TPSA) is 35.6 Å². The van der Waals surface area contributed by atoms with E-state index >= 15 is 0 Å². The molecule has 3 aliphatic heterocycles. The minimum atomic E-state index is 0. The van der Waals surface area contributed by atoms with Gasteiger partial charge >= 0.3 is 0 Å². The summed E-state index contributed by atoms with van der Waals surface area (Å²) in [4.78, 5) is 17.6. The van der Waals surface area contributed by atoms with E-state index < -0.39 is 0 Å². The molecule has 1 amide bonds. The molecular weight excluding hydrogens is 381 g/mol. The molecule has 0 bridgehead atoms. The molecule has 2 unspecified atom stereocenters. The summed E-state index contributed by atoms with van der Waals surface area (Å²) in [5, 5.41) is 3.30. The van der Waals surface area contributed by atoms with Gasteiger partial charge in [0.1, 0.15) is 0 Å². The Morgan fingerprint density at radius 1 is 1.15 bits per heavy atom. The van der Waals surface area contributed by atoms with Crippen molar-refractivity contribution in [2.75, 3.05) is 39.3 Å². The van der Waals surface area contributed by atoms with Crippen molar-refractivity contribution in [2.24, 2.45) is 17.3 Å². The van der Waals surface area contributed by atoms with E-state index in [-0.39, 0.29) is 30.7 Å². The maximum absolute atomic E-state index is 12.9. The number of piperidine rings is 1. The van der Waals surface area contributed by atoms with Gasteiger partial charge in [-0.3, -0.25) is 9.69 Å². The van der Waals surface area contributed by atoms with Crippen molar-refractivity contribution in [3.63, 3.8) is 0 Å². The van der Waals surface area contributed by atoms with Crippen LogP contribution in [0.1, 0.15) is 31.7 Å². The van der Waals surface area contributed by atoms with Crippen LogP contribution in [-0.2, 0) is 11.3 Å². The Kier molecular flexibility index (Phi) is 7.99. The lowest BCUT2D eigenvalue weighted by atomic mass is 9.79. The molecule has 3 saturated heterocycles. The number of carbonyl (C=O) groups is 1. The molecule has 152 valence electrons. The first kappa shape index (κ1) is 22.5. The van der Waals surface area contributed by atoms with E-state index in [1.54, 1.807) is 0 Å². The van der Waals surface area contributed by atoms with Crippen LogP contribution in [0.5, 0.6) is 0 Å². The minimum absolute atomic E-state index is 0. The van der Waals surface area contributed by atoms with E-state index in [4.69, 9.17) is 0 Å². The largest absolute Gasteiger partial charge is 0.342 e. The van der Waals surface area contributed by atoms with Gasteiger partial charge in [-0.1, -0.05) is 37.3 Å². The Bertz CT molecular complexity index is 611. The highest BCUT2D eigenvalue weighted by atomic mass is 35.5. The quantitative estimate of drug-likeness (QED) is 0.822. The lowest BCUT2D eigenvalue weighted by Gasteiger charge is -2.41. The zero-order chi connectivity index (χ0) is 17.3. The molecule has 1 N–H and O–H groups in total. The summed E-state index contributed by atoms with van der Waals surface area (Å²) in [6, 6.07) is 10.8. The van der Waals surface area contributed by atoms with Crippen molar-refractivity contribution in [3.05, 3.63) is 35.9 Å². The van der Waals surface area contributed by atoms with Gasteiger partial charge in [-0.05, 0) is 50.4 Å². The number of rotatable bonds is 4. The first-order valence-corrected chi connectivity index (χ1v) is 9.91. The van der Waals surface area contributed by atoms with Crippen LogP contribution in [-0.4, -0.2) is 55.0 Å². The predicted octanol–water partition coefficient (Wildman–Crippen LogP) is 3.20. The lowest BCUT2D eigenvalue weighted by Crippen LogP contribution is -2.51. The van der Waals surface area contributed by atoms with E-state index in [0.29, 0.717) is 17.2 Å². The van der Waals surface area contributed by atoms with Crippen molar-refractivity contribution >= 4 is 30.7 Å². The molecule has 2 atom stereocenters. The Hall–Kier alpha value is -0.810. The second-order valence-electron chi connectivity index (χ2n) is 8.52. The van der Waals surface area contributed by atoms with E-state index in [1.165, 1.54) is 31.4 Å². The molecule has 0 aliphatic carbocycles. The van der Waals surface area contributed by atoms with Gasteiger partial charge in [0.2, 0.25) is 5.91 Å². The number of hydrogen-bond acceptors (Lipinski definition) is 3. The summed E-state index contributed by atoms with van der Waals surface area (Å²) < 4.78 is 0. The van der Waals surface area contributed by atoms with Crippen molar-refractivity contribution < 1.29 is 4.79 Å². The number of amides is 1. The van der Waals surface area contributed by atoms with Crippen LogP contribution in [0.3, 0.4) is 0 Å². The average molecular weight is 414 g/mol. The second-order valence-corrected chi connectivity index (χ2v) is 8.52. The third-order valence-electron chi connectivity index (χ3n) is 6.65. The van der Waals surface area contributed by atoms with Gasteiger partial charge in [0, 0.05) is 37.5 Å². The highest BCUT2D eigenvalue weighted by molar-refractivity contribution is 5.85. The highest BCUT2D eigenvalue weighted by Gasteiger charge is 2.44. The summed E-state index contributed by atoms with van der Waals surface area (Å²) in [5.74, 6) is 1.12. The zero-order valence-electron chi connectivity index (χ0n) is 16.2. The molecule has 4 rings (SSSR count). The number of likely N-dealkylation sites (tertiary alicyclic amines) is 2. The van der Waals surface area contributed by atoms with Gasteiger partial charge in [0.15, 0.2) is 0 Å². The van der Waals surface area contributed by atoms with Crippen LogP contribution < -0.4 is 5.32 Å². The monoisotopic (exact) mass is 413 g/mol. The Labute approximate surface area is 175 Å². The molecule has 27 heavy (non-hydrogen) atoms. The third-order valence-corrected chi connectivity index (χ3v) is 6.65. The van der Waals surface area contributed by atoms with E-state index in [2.05, 4.69) is 52.4 Å². The summed E-state index contributed by atoms with van der Waals surface area (Å²) in [6.07, 6.45) is 3.72. The maximum Gasteiger partial charge on any atom is 0.225 e. The van der Waals surface area contributed by atoms with Crippen LogP contribution in [0.15, 0.2) is 30.3 Å². The fraction of sp³-hybridized carbons (Fsp3) is 0.667. The van der Waals surface area contributed by atoms with E-state index in [9.17, 15) is 4.79 Å². The van der Waals surface area contributed by atoms with Gasteiger partial charge in [0.05, 0.1) is 0 Å². The predicted molar refractivity (Wildman–Crippen MR) is 115 cm³/mol. The molecule has 1 spiro atoms. The number of halogens is 2. The molecule has 3 aliphatic rings. The van der Waals surface area contributed by atoms with Gasteiger partial charge in [-0.15, -0.1) is 24.8 Å². The first-order chi connectivity index (χ1) is 12.2. The minimum Gasteiger partial charge on any atom is -0.342 e. The van der Waals surface area contributed by atoms with Gasteiger partial charge in [-0.2, -0.15) is 0 Å². The standard InChI is InChI=1S/C21H31N3O.2ClH/c1-17(19-12-22-13-19)20(25)24-11-9-21(16-24)8-5-10-23(15-21)14-18-6-3-2-4-7-18;;/h2-4,6-7,17,19,22H,5,8-16H2,1H3;2*1H. The maximum atomic E-state index is 12.9. The fourth-order valence-electron chi connectivity index (χ4n) is 4.90. The number of nitrogens with one attached hydrogen (secondary N) is 1. The van der Waals surface area contributed by atoms with Gasteiger partial charge < -0.3 is 10.2 Å². The van der Waals surface area contributed by atoms with Crippen LogP contribution in [0.2, 0.25) is 0 Å². The van der Waals surface area contributed by atoms with E-state index in [1.807, 2.05) is 0 Å². The normalized spacial score (nSPS) is 26.8. The third kappa shape index (κ3) is 4.97. The smallest absolute Gasteiger partial charge is 0.225 e. The molecule has 4 nitrogen and oxygen atoms in total. The second kappa shape index (κ2) is 9.60. The number of hydrogen-bond donors (Lipinski definition) is 1. The molecule has 0 aromatic heterocycles. The number of nitrogens with zero attached hydrogens (tertiary/aromatic N) is 2. The number of carbonyl (C=O) groups excluding carboxylic acids is 1. The molecule has 1 aromatic rings. The van der Waals surface area contributed by atoms with Crippen LogP contribution in [0, 0.1) is 17.3 Å². The van der Waals surface area contributed by atoms with Crippen molar-refractivity contribution in [1.82, 2.24) is 15.1 Å². The Morgan fingerprint density at radius 2 is 1.89 bits per heavy atom. The van der Waals surface area contributed by atoms with Crippen LogP contribution in [0.4, 0.5) is 0 Å². The molecular formula is C21H33Cl2N3O. The molecule has 0 radical (unpaired) electrons.